The summed E-state index contributed by atoms with van der Waals surface area (Å²) in [6.07, 6.45) is 1.53. The third kappa shape index (κ3) is 2.12. The molecule has 18 heavy (non-hydrogen) atoms. The second-order valence-electron chi connectivity index (χ2n) is 3.92. The van der Waals surface area contributed by atoms with Crippen LogP contribution in [-0.4, -0.2) is 22.7 Å². The van der Waals surface area contributed by atoms with Gasteiger partial charge in [-0.2, -0.15) is 5.10 Å². The zero-order valence-electron chi connectivity index (χ0n) is 10.4. The predicted molar refractivity (Wildman–Crippen MR) is 67.5 cm³/mol. The highest BCUT2D eigenvalue weighted by atomic mass is 16.5. The van der Waals surface area contributed by atoms with Crippen LogP contribution in [-0.2, 0) is 13.6 Å². The van der Waals surface area contributed by atoms with E-state index in [1.165, 1.54) is 18.0 Å². The minimum atomic E-state index is -0.115. The zero-order chi connectivity index (χ0) is 13.1. The molecule has 5 nitrogen and oxygen atoms in total. The second kappa shape index (κ2) is 5.01. The first kappa shape index (κ1) is 12.3. The highest BCUT2D eigenvalue weighted by Crippen LogP contribution is 2.20. The molecule has 2 aromatic rings. The number of aromatic nitrogens is 2. The Morgan fingerprint density at radius 3 is 2.61 bits per heavy atom. The molecule has 0 aliphatic carbocycles. The van der Waals surface area contributed by atoms with E-state index in [0.29, 0.717) is 23.6 Å². The Bertz CT molecular complexity index is 558. The summed E-state index contributed by atoms with van der Waals surface area (Å²) in [6.45, 7) is 0.462. The van der Waals surface area contributed by atoms with Crippen molar-refractivity contribution in [2.45, 2.75) is 6.54 Å². The summed E-state index contributed by atoms with van der Waals surface area (Å²) in [7, 11) is 3.23. The minimum Gasteiger partial charge on any atom is -0.493 e. The summed E-state index contributed by atoms with van der Waals surface area (Å²) < 4.78 is 6.64. The number of nitrogens with zero attached hydrogens (tertiary/aromatic N) is 2. The summed E-state index contributed by atoms with van der Waals surface area (Å²) in [5, 5.41) is 4.02. The normalized spacial score (nSPS) is 10.4. The molecule has 0 saturated carbocycles. The van der Waals surface area contributed by atoms with Gasteiger partial charge in [-0.1, -0.05) is 24.3 Å². The Kier molecular flexibility index (Phi) is 3.43. The van der Waals surface area contributed by atoms with Crippen LogP contribution in [0.15, 0.2) is 30.5 Å². The van der Waals surface area contributed by atoms with Crippen molar-refractivity contribution in [3.8, 4) is 5.75 Å². The topological polar surface area (TPSA) is 70.1 Å². The number of ketones is 1. The fraction of sp³-hybridized carbons (Fsp3) is 0.231. The van der Waals surface area contributed by atoms with Crippen molar-refractivity contribution in [3.63, 3.8) is 0 Å². The maximum atomic E-state index is 12.3. The number of hydrogen-bond donors (Lipinski definition) is 1. The van der Waals surface area contributed by atoms with E-state index in [-0.39, 0.29) is 5.78 Å². The van der Waals surface area contributed by atoms with Crippen LogP contribution in [0.3, 0.4) is 0 Å². The van der Waals surface area contributed by atoms with Crippen LogP contribution in [0, 0.1) is 0 Å². The van der Waals surface area contributed by atoms with E-state index in [2.05, 4.69) is 5.10 Å². The number of carbonyl (C=O) groups excluding carboxylic acids is 1. The van der Waals surface area contributed by atoms with Gasteiger partial charge in [0.05, 0.1) is 13.3 Å². The summed E-state index contributed by atoms with van der Waals surface area (Å²) in [5.41, 5.74) is 7.55. The average molecular weight is 245 g/mol. The standard InChI is InChI=1S/C13H15N3O2/c1-16-12(11(18-2)8-15-16)13(17)10-5-3-9(7-14)4-6-10/h3-6,8H,7,14H2,1-2H3. The van der Waals surface area contributed by atoms with Crippen LogP contribution in [0.4, 0.5) is 0 Å². The van der Waals surface area contributed by atoms with Gasteiger partial charge in [0.2, 0.25) is 5.78 Å². The molecule has 0 saturated heterocycles. The molecule has 0 atom stereocenters. The first-order chi connectivity index (χ1) is 8.67. The quantitative estimate of drug-likeness (QED) is 0.819. The van der Waals surface area contributed by atoms with E-state index in [9.17, 15) is 4.79 Å². The van der Waals surface area contributed by atoms with Gasteiger partial charge in [0.15, 0.2) is 11.4 Å². The molecule has 1 aromatic heterocycles. The van der Waals surface area contributed by atoms with Gasteiger partial charge < -0.3 is 10.5 Å². The summed E-state index contributed by atoms with van der Waals surface area (Å²) in [5.74, 6) is 0.362. The Hall–Kier alpha value is -2.14. The fourth-order valence-electron chi connectivity index (χ4n) is 1.75. The molecule has 2 rings (SSSR count). The van der Waals surface area contributed by atoms with E-state index in [1.807, 2.05) is 12.1 Å². The number of benzene rings is 1. The SMILES string of the molecule is COc1cnn(C)c1C(=O)c1ccc(CN)cc1. The van der Waals surface area contributed by atoms with E-state index < -0.39 is 0 Å². The van der Waals surface area contributed by atoms with Gasteiger partial charge in [-0.15, -0.1) is 0 Å². The van der Waals surface area contributed by atoms with Gasteiger partial charge in [0, 0.05) is 19.2 Å². The largest absolute Gasteiger partial charge is 0.493 e. The van der Waals surface area contributed by atoms with Crippen molar-refractivity contribution >= 4 is 5.78 Å². The highest BCUT2D eigenvalue weighted by molar-refractivity contribution is 6.09. The first-order valence-electron chi connectivity index (χ1n) is 5.57. The molecule has 0 amide bonds. The molecule has 2 N–H and O–H groups in total. The predicted octanol–water partition coefficient (Wildman–Crippen LogP) is 1.12. The molecule has 94 valence electrons. The molecular weight excluding hydrogens is 230 g/mol. The molecule has 0 bridgehead atoms. The molecule has 0 unspecified atom stereocenters. The number of hydrogen-bond acceptors (Lipinski definition) is 4. The van der Waals surface area contributed by atoms with Gasteiger partial charge >= 0.3 is 0 Å². The van der Waals surface area contributed by atoms with Crippen molar-refractivity contribution in [1.29, 1.82) is 0 Å². The van der Waals surface area contributed by atoms with Gasteiger partial charge in [-0.25, -0.2) is 0 Å². The molecule has 0 radical (unpaired) electrons. The molecule has 0 spiro atoms. The van der Waals surface area contributed by atoms with E-state index >= 15 is 0 Å². The number of carbonyl (C=O) groups is 1. The van der Waals surface area contributed by atoms with Crippen LogP contribution < -0.4 is 10.5 Å². The maximum Gasteiger partial charge on any atom is 0.214 e. The molecule has 0 fully saturated rings. The Morgan fingerprint density at radius 2 is 2.06 bits per heavy atom. The Balaban J connectivity index is 2.38. The highest BCUT2D eigenvalue weighted by Gasteiger charge is 2.19. The minimum absolute atomic E-state index is 0.115. The van der Waals surface area contributed by atoms with Gasteiger partial charge in [-0.3, -0.25) is 9.48 Å². The lowest BCUT2D eigenvalue weighted by Crippen LogP contribution is -2.10. The Labute approximate surface area is 105 Å². The molecule has 0 aliphatic rings. The van der Waals surface area contributed by atoms with Gasteiger partial charge in [0.25, 0.3) is 0 Å². The molecule has 5 heteroatoms. The lowest BCUT2D eigenvalue weighted by atomic mass is 10.1. The van der Waals surface area contributed by atoms with Crippen molar-refractivity contribution in [1.82, 2.24) is 9.78 Å². The fourth-order valence-corrected chi connectivity index (χ4v) is 1.75. The lowest BCUT2D eigenvalue weighted by molar-refractivity contribution is 0.102. The number of methoxy groups -OCH3 is 1. The number of rotatable bonds is 4. The van der Waals surface area contributed by atoms with Gasteiger partial charge in [0.1, 0.15) is 0 Å². The Morgan fingerprint density at radius 1 is 1.39 bits per heavy atom. The third-order valence-corrected chi connectivity index (χ3v) is 2.79. The van der Waals surface area contributed by atoms with Crippen LogP contribution in [0.1, 0.15) is 21.6 Å². The number of aryl methyl sites for hydroxylation is 1. The van der Waals surface area contributed by atoms with Crippen molar-refractivity contribution in [3.05, 3.63) is 47.3 Å². The van der Waals surface area contributed by atoms with Crippen LogP contribution in [0.5, 0.6) is 5.75 Å². The van der Waals surface area contributed by atoms with Crippen LogP contribution in [0.2, 0.25) is 0 Å². The van der Waals surface area contributed by atoms with E-state index in [0.717, 1.165) is 5.56 Å². The zero-order valence-corrected chi connectivity index (χ0v) is 10.4. The van der Waals surface area contributed by atoms with E-state index in [1.54, 1.807) is 19.2 Å². The smallest absolute Gasteiger partial charge is 0.214 e. The maximum absolute atomic E-state index is 12.3. The van der Waals surface area contributed by atoms with Crippen LogP contribution in [0.25, 0.3) is 0 Å². The molecule has 1 aromatic carbocycles. The summed E-state index contributed by atoms with van der Waals surface area (Å²) in [4.78, 5) is 12.3. The lowest BCUT2D eigenvalue weighted by Gasteiger charge is -2.05. The third-order valence-electron chi connectivity index (χ3n) is 2.79. The number of nitrogens with two attached hydrogens (primary N) is 1. The van der Waals surface area contributed by atoms with Gasteiger partial charge in [-0.05, 0) is 5.56 Å². The van der Waals surface area contributed by atoms with Crippen molar-refractivity contribution in [2.24, 2.45) is 12.8 Å². The number of ether oxygens (including phenoxy) is 1. The molecule has 0 aliphatic heterocycles. The van der Waals surface area contributed by atoms with E-state index in [4.69, 9.17) is 10.5 Å². The molecule has 1 heterocycles. The van der Waals surface area contributed by atoms with Crippen LogP contribution >= 0.6 is 0 Å². The summed E-state index contributed by atoms with van der Waals surface area (Å²) in [6, 6.07) is 7.21. The molecular formula is C13H15N3O2. The van der Waals surface area contributed by atoms with Crippen molar-refractivity contribution < 1.29 is 9.53 Å². The van der Waals surface area contributed by atoms with Crippen molar-refractivity contribution in [2.75, 3.05) is 7.11 Å². The summed E-state index contributed by atoms with van der Waals surface area (Å²) >= 11 is 0. The first-order valence-corrected chi connectivity index (χ1v) is 5.57. The monoisotopic (exact) mass is 245 g/mol. The average Bonchev–Trinajstić information content (AvgIpc) is 2.79. The second-order valence-corrected chi connectivity index (χ2v) is 3.92.